The van der Waals surface area contributed by atoms with E-state index in [4.69, 9.17) is 0 Å². The molecular weight excluding hydrogens is 236 g/mol. The fourth-order valence-corrected chi connectivity index (χ4v) is 3.25. The molecule has 1 heterocycles. The summed E-state index contributed by atoms with van der Waals surface area (Å²) in [7, 11) is 0. The fraction of sp³-hybridized carbons (Fsp3) is 0.562. The Morgan fingerprint density at radius 2 is 1.79 bits per heavy atom. The lowest BCUT2D eigenvalue weighted by Crippen LogP contribution is -2.46. The zero-order valence-electron chi connectivity index (χ0n) is 11.4. The van der Waals surface area contributed by atoms with Crippen LogP contribution in [0.5, 0.6) is 0 Å². The number of carbonyl (C=O) groups is 1. The highest BCUT2D eigenvalue weighted by Gasteiger charge is 2.23. The fourth-order valence-electron chi connectivity index (χ4n) is 3.25. The summed E-state index contributed by atoms with van der Waals surface area (Å²) in [5.74, 6) is 1.02. The third-order valence-corrected chi connectivity index (χ3v) is 4.37. The highest BCUT2D eigenvalue weighted by Crippen LogP contribution is 2.29. The van der Waals surface area contributed by atoms with Crippen LogP contribution in [0, 0.1) is 5.92 Å². The van der Waals surface area contributed by atoms with Crippen molar-refractivity contribution < 1.29 is 4.79 Å². The number of nitrogens with one attached hydrogen (secondary N) is 1. The van der Waals surface area contributed by atoms with Crippen LogP contribution >= 0.6 is 0 Å². The summed E-state index contributed by atoms with van der Waals surface area (Å²) in [6, 6.07) is 8.70. The molecule has 3 heteroatoms. The van der Waals surface area contributed by atoms with Crippen LogP contribution in [0.4, 0.5) is 0 Å². The molecule has 19 heavy (non-hydrogen) atoms. The van der Waals surface area contributed by atoms with E-state index in [1.807, 2.05) is 4.90 Å². The number of rotatable bonds is 3. The van der Waals surface area contributed by atoms with Gasteiger partial charge in [-0.25, -0.2) is 0 Å². The molecule has 0 aromatic heterocycles. The maximum atomic E-state index is 12.1. The summed E-state index contributed by atoms with van der Waals surface area (Å²) < 4.78 is 0. The first-order chi connectivity index (χ1) is 9.33. The van der Waals surface area contributed by atoms with Crippen molar-refractivity contribution in [3.05, 3.63) is 35.4 Å². The summed E-state index contributed by atoms with van der Waals surface area (Å²) in [5.41, 5.74) is 2.98. The van der Waals surface area contributed by atoms with Crippen molar-refractivity contribution in [3.8, 4) is 0 Å². The van der Waals surface area contributed by atoms with Crippen LogP contribution in [0.1, 0.15) is 24.0 Å². The molecule has 1 aromatic carbocycles. The smallest absolute Gasteiger partial charge is 0.222 e. The van der Waals surface area contributed by atoms with Crippen molar-refractivity contribution in [2.24, 2.45) is 5.92 Å². The van der Waals surface area contributed by atoms with Gasteiger partial charge in [-0.05, 0) is 36.3 Å². The van der Waals surface area contributed by atoms with E-state index in [0.717, 1.165) is 51.9 Å². The molecule has 0 bridgehead atoms. The zero-order valence-corrected chi connectivity index (χ0v) is 11.4. The largest absolute Gasteiger partial charge is 0.340 e. The molecular formula is C16H22N2O. The average molecular weight is 258 g/mol. The Hall–Kier alpha value is -1.35. The molecule has 0 unspecified atom stereocenters. The van der Waals surface area contributed by atoms with Gasteiger partial charge in [-0.2, -0.15) is 0 Å². The van der Waals surface area contributed by atoms with Gasteiger partial charge in [0.2, 0.25) is 5.91 Å². The molecule has 3 nitrogen and oxygen atoms in total. The SMILES string of the molecule is O=C(CCC1Cc2ccccc2C1)N1CCNCC1. The van der Waals surface area contributed by atoms with E-state index in [2.05, 4.69) is 29.6 Å². The molecule has 0 saturated carbocycles. The zero-order chi connectivity index (χ0) is 13.1. The minimum atomic E-state index is 0.345. The van der Waals surface area contributed by atoms with E-state index in [1.165, 1.54) is 11.1 Å². The van der Waals surface area contributed by atoms with Crippen LogP contribution in [0.2, 0.25) is 0 Å². The molecule has 0 atom stereocenters. The topological polar surface area (TPSA) is 32.3 Å². The van der Waals surface area contributed by atoms with Crippen molar-refractivity contribution in [2.75, 3.05) is 26.2 Å². The van der Waals surface area contributed by atoms with Crippen LogP contribution in [0.25, 0.3) is 0 Å². The molecule has 0 spiro atoms. The summed E-state index contributed by atoms with van der Waals surface area (Å²) in [6.07, 6.45) is 4.08. The van der Waals surface area contributed by atoms with Crippen molar-refractivity contribution in [2.45, 2.75) is 25.7 Å². The number of piperazine rings is 1. The lowest BCUT2D eigenvalue weighted by molar-refractivity contribution is -0.132. The van der Waals surface area contributed by atoms with Crippen LogP contribution < -0.4 is 5.32 Å². The summed E-state index contributed by atoms with van der Waals surface area (Å²) in [4.78, 5) is 14.1. The Labute approximate surface area is 115 Å². The second-order valence-corrected chi connectivity index (χ2v) is 5.71. The maximum absolute atomic E-state index is 12.1. The van der Waals surface area contributed by atoms with E-state index >= 15 is 0 Å². The van der Waals surface area contributed by atoms with Crippen LogP contribution in [-0.2, 0) is 17.6 Å². The third kappa shape index (κ3) is 2.98. The molecule has 102 valence electrons. The number of hydrogen-bond acceptors (Lipinski definition) is 2. The van der Waals surface area contributed by atoms with Crippen LogP contribution in [-0.4, -0.2) is 37.0 Å². The van der Waals surface area contributed by atoms with Gasteiger partial charge in [0.15, 0.2) is 0 Å². The lowest BCUT2D eigenvalue weighted by atomic mass is 9.99. The predicted molar refractivity (Wildman–Crippen MR) is 76.0 cm³/mol. The second-order valence-electron chi connectivity index (χ2n) is 5.71. The van der Waals surface area contributed by atoms with Crippen LogP contribution in [0.15, 0.2) is 24.3 Å². The molecule has 3 rings (SSSR count). The predicted octanol–water partition coefficient (Wildman–Crippen LogP) is 1.61. The quantitative estimate of drug-likeness (QED) is 0.893. The van der Waals surface area contributed by atoms with Gasteiger partial charge in [0.25, 0.3) is 0 Å². The molecule has 0 radical (unpaired) electrons. The van der Waals surface area contributed by atoms with E-state index in [9.17, 15) is 4.79 Å². The molecule has 1 saturated heterocycles. The van der Waals surface area contributed by atoms with Crippen molar-refractivity contribution in [1.82, 2.24) is 10.2 Å². The molecule has 1 aliphatic heterocycles. The summed E-state index contributed by atoms with van der Waals surface area (Å²) >= 11 is 0. The maximum Gasteiger partial charge on any atom is 0.222 e. The third-order valence-electron chi connectivity index (χ3n) is 4.37. The average Bonchev–Trinajstić information content (AvgIpc) is 2.88. The molecule has 1 aromatic rings. The van der Waals surface area contributed by atoms with E-state index in [0.29, 0.717) is 11.8 Å². The number of carbonyl (C=O) groups excluding carboxylic acids is 1. The van der Waals surface area contributed by atoms with Crippen LogP contribution in [0.3, 0.4) is 0 Å². The van der Waals surface area contributed by atoms with Gasteiger partial charge < -0.3 is 10.2 Å². The monoisotopic (exact) mass is 258 g/mol. The molecule has 1 fully saturated rings. The Kier molecular flexibility index (Phi) is 3.83. The van der Waals surface area contributed by atoms with Crippen molar-refractivity contribution in [3.63, 3.8) is 0 Å². The van der Waals surface area contributed by atoms with Gasteiger partial charge >= 0.3 is 0 Å². The first kappa shape index (κ1) is 12.7. The van der Waals surface area contributed by atoms with Crippen molar-refractivity contribution in [1.29, 1.82) is 0 Å². The number of amides is 1. The van der Waals surface area contributed by atoms with Crippen molar-refractivity contribution >= 4 is 5.91 Å². The molecule has 2 aliphatic rings. The summed E-state index contributed by atoms with van der Waals surface area (Å²) in [6.45, 7) is 3.65. The van der Waals surface area contributed by atoms with Gasteiger partial charge in [-0.1, -0.05) is 24.3 Å². The lowest BCUT2D eigenvalue weighted by Gasteiger charge is -2.27. The molecule has 1 amide bonds. The first-order valence-electron chi connectivity index (χ1n) is 7.38. The number of hydrogen-bond donors (Lipinski definition) is 1. The second kappa shape index (κ2) is 5.74. The van der Waals surface area contributed by atoms with Gasteiger partial charge in [-0.3, -0.25) is 4.79 Å². The Morgan fingerprint density at radius 1 is 1.16 bits per heavy atom. The van der Waals surface area contributed by atoms with E-state index in [1.54, 1.807) is 0 Å². The Bertz CT molecular complexity index is 427. The van der Waals surface area contributed by atoms with E-state index < -0.39 is 0 Å². The number of fused-ring (bicyclic) bond motifs is 1. The highest BCUT2D eigenvalue weighted by atomic mass is 16.2. The Morgan fingerprint density at radius 3 is 2.42 bits per heavy atom. The number of nitrogens with zero attached hydrogens (tertiary/aromatic N) is 1. The normalized spacial score (nSPS) is 19.5. The highest BCUT2D eigenvalue weighted by molar-refractivity contribution is 5.76. The van der Waals surface area contributed by atoms with Gasteiger partial charge in [-0.15, -0.1) is 0 Å². The minimum absolute atomic E-state index is 0.345. The summed E-state index contributed by atoms with van der Waals surface area (Å²) in [5, 5.41) is 3.28. The van der Waals surface area contributed by atoms with Gasteiger partial charge in [0.1, 0.15) is 0 Å². The molecule has 1 N–H and O–H groups in total. The minimum Gasteiger partial charge on any atom is -0.340 e. The van der Waals surface area contributed by atoms with E-state index in [-0.39, 0.29) is 0 Å². The first-order valence-corrected chi connectivity index (χ1v) is 7.38. The van der Waals surface area contributed by atoms with Gasteiger partial charge in [0, 0.05) is 32.6 Å². The Balaban J connectivity index is 1.47. The molecule has 1 aliphatic carbocycles. The van der Waals surface area contributed by atoms with Gasteiger partial charge in [0.05, 0.1) is 0 Å². The standard InChI is InChI=1S/C16H22N2O/c19-16(18-9-7-17-8-10-18)6-5-13-11-14-3-1-2-4-15(14)12-13/h1-4,13,17H,5-12H2. The number of benzene rings is 1.